The average Bonchev–Trinajstić information content (AvgIpc) is 1.79. The van der Waals surface area contributed by atoms with Gasteiger partial charge in [-0.1, -0.05) is 0 Å². The van der Waals surface area contributed by atoms with Crippen LogP contribution in [0.1, 0.15) is 0 Å². The van der Waals surface area contributed by atoms with Crippen molar-refractivity contribution >= 4 is 6.08 Å². The molecular weight excluding hydrogens is 146 g/mol. The number of hydrogen-bond acceptors (Lipinski definition) is 3. The first kappa shape index (κ1) is 9.88. The van der Waals surface area contributed by atoms with E-state index in [1.807, 2.05) is 0 Å². The van der Waals surface area contributed by atoms with Crippen molar-refractivity contribution in [1.29, 1.82) is 0 Å². The van der Waals surface area contributed by atoms with Crippen LogP contribution in [0.15, 0.2) is 4.99 Å². The molecule has 0 aliphatic rings. The fourth-order valence-corrected chi connectivity index (χ4v) is 0.314. The third-order valence-corrected chi connectivity index (χ3v) is 0.577. The van der Waals surface area contributed by atoms with Gasteiger partial charge in [0.25, 0.3) is 0 Å². The number of nitrogens with zero attached hydrogens (tertiary/aromatic N) is 1. The van der Waals surface area contributed by atoms with Crippen LogP contribution in [-0.4, -0.2) is 18.2 Å². The van der Waals surface area contributed by atoms with Crippen LogP contribution in [0.4, 0.5) is 0 Å². The van der Waals surface area contributed by atoms with Crippen LogP contribution in [0.25, 0.3) is 0 Å². The topological polar surface area (TPSA) is 64.5 Å². The monoisotopic (exact) mass is 154 g/mol. The van der Waals surface area contributed by atoms with E-state index >= 15 is 0 Å². The molecule has 0 aromatic carbocycles. The molecule has 0 amide bonds. The molecule has 0 rings (SSSR count). The molecule has 0 atom stereocenters. The molecule has 11 heavy (non-hydrogen) atoms. The van der Waals surface area contributed by atoms with Crippen molar-refractivity contribution in [2.75, 3.05) is 6.54 Å². The van der Waals surface area contributed by atoms with E-state index < -0.39 is 11.7 Å². The Balaban J connectivity index is 3.88. The summed E-state index contributed by atoms with van der Waals surface area (Å²) in [5, 5.41) is 10.5. The average molecular weight is 154 g/mol. The van der Waals surface area contributed by atoms with Crippen LogP contribution in [0.3, 0.4) is 0 Å². The molecule has 0 aromatic rings. The second-order valence-electron chi connectivity index (χ2n) is 2.01. The Morgan fingerprint density at radius 1 is 2.00 bits per heavy atom. The molecule has 0 heterocycles. The zero-order valence-corrected chi connectivity index (χ0v) is 6.00. The van der Waals surface area contributed by atoms with Gasteiger partial charge in [0.15, 0.2) is 0 Å². The van der Waals surface area contributed by atoms with Gasteiger partial charge in [-0.05, 0) is 0 Å². The molecule has 0 saturated carbocycles. The van der Waals surface area contributed by atoms with Crippen molar-refractivity contribution < 1.29 is 14.5 Å². The number of ether oxygens (including phenoxy) is 1. The summed E-state index contributed by atoms with van der Waals surface area (Å²) in [6.45, 7) is 9.55. The molecule has 4 heteroatoms. The summed E-state index contributed by atoms with van der Waals surface area (Å²) in [7, 11) is 0. The Kier molecular flexibility index (Phi) is 3.51. The fourth-order valence-electron chi connectivity index (χ4n) is 0.314. The quantitative estimate of drug-likeness (QED) is 0.229. The Labute approximate surface area is 65.6 Å². The van der Waals surface area contributed by atoms with Gasteiger partial charge in [0.05, 0.1) is 0 Å². The fraction of sp³-hybridized carbons (Fsp3) is 0.286. The predicted octanol–water partition coefficient (Wildman–Crippen LogP) is -0.650. The van der Waals surface area contributed by atoms with Crippen molar-refractivity contribution in [1.82, 2.24) is 0 Å². The third kappa shape index (κ3) is 6.77. The first-order valence-electron chi connectivity index (χ1n) is 2.77. The van der Waals surface area contributed by atoms with Crippen molar-refractivity contribution in [3.8, 4) is 6.15 Å². The van der Waals surface area contributed by atoms with Crippen molar-refractivity contribution in [3.63, 3.8) is 0 Å². The van der Waals surface area contributed by atoms with Gasteiger partial charge in [-0.15, -0.1) is 0 Å². The van der Waals surface area contributed by atoms with E-state index in [-0.39, 0.29) is 6.54 Å². The Bertz CT molecular complexity index is 185. The summed E-state index contributed by atoms with van der Waals surface area (Å²) in [6.07, 6.45) is 0.497. The van der Waals surface area contributed by atoms with Crippen LogP contribution in [0, 0.1) is 26.9 Å². The van der Waals surface area contributed by atoms with E-state index in [2.05, 4.69) is 30.5 Å². The molecule has 0 fully saturated rings. The Morgan fingerprint density at radius 3 is 2.91 bits per heavy atom. The summed E-state index contributed by atoms with van der Waals surface area (Å²) in [5.74, 6) is 0. The molecule has 0 aliphatic heterocycles. The van der Waals surface area contributed by atoms with Crippen LogP contribution < -0.4 is 5.11 Å². The second-order valence-corrected chi connectivity index (χ2v) is 2.01. The normalized spacial score (nSPS) is 16.6. The first-order valence-corrected chi connectivity index (χ1v) is 2.77. The molecular formula is C7H8NO3. The number of rotatable bonds is 2. The Hall–Kier alpha value is -1.12. The van der Waals surface area contributed by atoms with Crippen LogP contribution >= 0.6 is 0 Å². The zero-order valence-electron chi connectivity index (χ0n) is 6.00. The van der Waals surface area contributed by atoms with E-state index in [1.54, 1.807) is 0 Å². The van der Waals surface area contributed by atoms with Crippen LogP contribution in [-0.2, 0) is 9.39 Å². The molecule has 0 N–H and O–H groups in total. The van der Waals surface area contributed by atoms with E-state index in [0.29, 0.717) is 0 Å². The summed E-state index contributed by atoms with van der Waals surface area (Å²) >= 11 is 0. The van der Waals surface area contributed by atoms with Gasteiger partial charge in [-0.3, -0.25) is 0 Å². The van der Waals surface area contributed by atoms with E-state index in [4.69, 9.17) is 0 Å². The molecule has 0 bridgehead atoms. The molecule has 0 saturated heterocycles. The van der Waals surface area contributed by atoms with E-state index in [0.717, 1.165) is 0 Å². The molecule has 1 radical (unpaired) electrons. The molecule has 0 spiro atoms. The summed E-state index contributed by atoms with van der Waals surface area (Å²) in [5.41, 5.74) is -1.30. The Morgan fingerprint density at radius 2 is 2.55 bits per heavy atom. The number of hydrogen-bond donors (Lipinski definition) is 0. The van der Waals surface area contributed by atoms with Gasteiger partial charge in [0, 0.05) is 0 Å². The van der Waals surface area contributed by atoms with Crippen molar-refractivity contribution in [2.24, 2.45) is 4.99 Å². The van der Waals surface area contributed by atoms with Gasteiger partial charge in [0.1, 0.15) is 0 Å². The maximum atomic E-state index is 10.5. The summed E-state index contributed by atoms with van der Waals surface area (Å²) in [4.78, 5) is 3.12. The van der Waals surface area contributed by atoms with Crippen molar-refractivity contribution in [3.05, 3.63) is 20.8 Å². The SMILES string of the molecule is [CH2]C([CH2+])([CH2-])OC([O-])=NCC#[O+]. The van der Waals surface area contributed by atoms with Gasteiger partial charge in [-0.25, -0.2) is 0 Å². The first-order chi connectivity index (χ1) is 4.95. The van der Waals surface area contributed by atoms with Gasteiger partial charge in [0.2, 0.25) is 0 Å². The van der Waals surface area contributed by atoms with E-state index in [1.165, 1.54) is 6.15 Å². The third-order valence-electron chi connectivity index (χ3n) is 0.577. The minimum atomic E-state index is -1.30. The van der Waals surface area contributed by atoms with Crippen LogP contribution in [0.5, 0.6) is 0 Å². The number of aliphatic imine (C=N–C) groups is 1. The van der Waals surface area contributed by atoms with Crippen molar-refractivity contribution in [2.45, 2.75) is 5.60 Å². The van der Waals surface area contributed by atoms with E-state index in [9.17, 15) is 9.76 Å². The minimum absolute atomic E-state index is 0.338. The molecule has 0 aliphatic carbocycles. The molecule has 0 unspecified atom stereocenters. The molecule has 59 valence electrons. The molecule has 4 nitrogen and oxygen atoms in total. The zero-order chi connectivity index (χ0) is 8.91. The standard InChI is InChI=1S/C7H8NO3/c1-7(2,3)11-6(10)8-4-5-9/h1-4H2. The predicted molar refractivity (Wildman–Crippen MR) is 36.8 cm³/mol. The summed E-state index contributed by atoms with van der Waals surface area (Å²) < 4.78 is 14.0. The van der Waals surface area contributed by atoms with Crippen LogP contribution in [0.2, 0.25) is 0 Å². The summed E-state index contributed by atoms with van der Waals surface area (Å²) in [6, 6.07) is 0. The second kappa shape index (κ2) is 3.91. The van der Waals surface area contributed by atoms with Gasteiger partial charge >= 0.3 is 64.6 Å². The maximum absolute atomic E-state index is 10.5. The molecule has 0 aromatic heterocycles. The van der Waals surface area contributed by atoms with Gasteiger partial charge < -0.3 is 0 Å². The van der Waals surface area contributed by atoms with Gasteiger partial charge in [-0.2, -0.15) is 0 Å².